The molecule has 1 aliphatic heterocycles. The first kappa shape index (κ1) is 11.1. The molecule has 0 aromatic carbocycles. The Kier molecular flexibility index (Phi) is 2.55. The molecule has 0 saturated carbocycles. The molecule has 0 fully saturated rings. The molecule has 0 bridgehead atoms. The maximum atomic E-state index is 11.2. The number of amides is 1. The highest BCUT2D eigenvalue weighted by molar-refractivity contribution is 5.92. The molecule has 2 rings (SSSR count). The summed E-state index contributed by atoms with van der Waals surface area (Å²) in [6, 6.07) is 0. The van der Waals surface area contributed by atoms with Crippen LogP contribution in [-0.2, 0) is 18.4 Å². The molecule has 0 spiro atoms. The number of likely N-dealkylation sites (N-methyl/N-ethyl adjacent to an activating group) is 1. The number of carbonyl (C=O) groups is 1. The fourth-order valence-electron chi connectivity index (χ4n) is 1.52. The minimum Gasteiger partial charge on any atom is -0.382 e. The Bertz CT molecular complexity index is 477. The van der Waals surface area contributed by atoms with E-state index in [1.807, 2.05) is 0 Å². The van der Waals surface area contributed by atoms with Crippen LogP contribution in [0.2, 0.25) is 0 Å². The van der Waals surface area contributed by atoms with Crippen LogP contribution in [0.4, 0.5) is 0 Å². The number of hydrogen-bond acceptors (Lipinski definition) is 8. The van der Waals surface area contributed by atoms with E-state index in [-0.39, 0.29) is 11.5 Å². The quantitative estimate of drug-likeness (QED) is 0.508. The third-order valence-electron chi connectivity index (χ3n) is 2.38. The van der Waals surface area contributed by atoms with Gasteiger partial charge in [-0.15, -0.1) is 10.6 Å². The monoisotopic (exact) mass is 239 g/mol. The summed E-state index contributed by atoms with van der Waals surface area (Å²) in [7, 11) is 3.35. The van der Waals surface area contributed by atoms with Crippen molar-refractivity contribution >= 4 is 5.91 Å². The van der Waals surface area contributed by atoms with Gasteiger partial charge in [0, 0.05) is 14.1 Å². The van der Waals surface area contributed by atoms with Gasteiger partial charge in [0.05, 0.1) is 6.54 Å². The summed E-state index contributed by atoms with van der Waals surface area (Å²) in [6.45, 7) is 0.316. The van der Waals surface area contributed by atoms with E-state index in [9.17, 15) is 4.79 Å². The lowest BCUT2D eigenvalue weighted by molar-refractivity contribution is -0.116. The molecule has 17 heavy (non-hydrogen) atoms. The summed E-state index contributed by atoms with van der Waals surface area (Å²) >= 11 is 0. The van der Waals surface area contributed by atoms with Crippen LogP contribution in [0, 0.1) is 0 Å². The number of primary amides is 1. The minimum atomic E-state index is -0.601. The number of hydrogen-bond donors (Lipinski definition) is 3. The van der Waals surface area contributed by atoms with Crippen molar-refractivity contribution in [2.24, 2.45) is 18.5 Å². The summed E-state index contributed by atoms with van der Waals surface area (Å²) in [6.07, 6.45) is 0. The van der Waals surface area contributed by atoms with E-state index < -0.39 is 5.91 Å². The number of tetrazole rings is 1. The number of hydrazine groups is 2. The van der Waals surface area contributed by atoms with Crippen LogP contribution < -0.4 is 17.0 Å². The van der Waals surface area contributed by atoms with Gasteiger partial charge >= 0.3 is 0 Å². The third kappa shape index (κ3) is 1.85. The first-order chi connectivity index (χ1) is 8.00. The molecule has 0 radical (unpaired) electrons. The Morgan fingerprint density at radius 2 is 2.18 bits per heavy atom. The van der Waals surface area contributed by atoms with Gasteiger partial charge in [-0.3, -0.25) is 14.8 Å². The number of aryl methyl sites for hydroxylation is 1. The molecule has 5 N–H and O–H groups in total. The standard InChI is InChI=1S/C7H13N9O/c1-14-4(10-11-12-14)3-16-6(8)5(7(9)17)15(2)13-16/h13H,3,8H2,1-2H3,(H2,9,17). The van der Waals surface area contributed by atoms with E-state index in [0.29, 0.717) is 12.4 Å². The summed E-state index contributed by atoms with van der Waals surface area (Å²) in [4.78, 5) is 11.2. The first-order valence-electron chi connectivity index (χ1n) is 4.79. The van der Waals surface area contributed by atoms with Crippen LogP contribution in [0.15, 0.2) is 11.5 Å². The highest BCUT2D eigenvalue weighted by Crippen LogP contribution is 2.15. The van der Waals surface area contributed by atoms with E-state index in [0.717, 1.165) is 0 Å². The molecule has 1 aromatic rings. The molecular weight excluding hydrogens is 226 g/mol. The Labute approximate surface area is 96.8 Å². The summed E-state index contributed by atoms with van der Waals surface area (Å²) in [5.74, 6) is 0.235. The van der Waals surface area contributed by atoms with Crippen molar-refractivity contribution < 1.29 is 4.79 Å². The van der Waals surface area contributed by atoms with Gasteiger partial charge in [0.2, 0.25) is 0 Å². The Morgan fingerprint density at radius 1 is 1.47 bits per heavy atom. The third-order valence-corrected chi connectivity index (χ3v) is 2.38. The van der Waals surface area contributed by atoms with Gasteiger partial charge < -0.3 is 11.5 Å². The van der Waals surface area contributed by atoms with Crippen LogP contribution in [0.5, 0.6) is 0 Å². The van der Waals surface area contributed by atoms with Crippen LogP contribution in [0.3, 0.4) is 0 Å². The van der Waals surface area contributed by atoms with Gasteiger partial charge in [-0.05, 0) is 10.4 Å². The van der Waals surface area contributed by atoms with Gasteiger partial charge in [-0.2, -0.15) is 0 Å². The van der Waals surface area contributed by atoms with E-state index in [2.05, 4.69) is 21.1 Å². The number of nitrogens with zero attached hydrogens (tertiary/aromatic N) is 6. The number of aromatic nitrogens is 4. The molecule has 0 atom stereocenters. The number of nitrogens with one attached hydrogen (secondary N) is 1. The molecule has 2 heterocycles. The second-order valence-electron chi connectivity index (χ2n) is 3.56. The van der Waals surface area contributed by atoms with Gasteiger partial charge in [0.1, 0.15) is 5.82 Å². The Balaban J connectivity index is 2.20. The van der Waals surface area contributed by atoms with Crippen molar-refractivity contribution in [2.75, 3.05) is 7.05 Å². The molecule has 10 nitrogen and oxygen atoms in total. The largest absolute Gasteiger partial charge is 0.382 e. The van der Waals surface area contributed by atoms with Crippen molar-refractivity contribution in [1.82, 2.24) is 35.8 Å². The average Bonchev–Trinajstić information content (AvgIpc) is 2.73. The molecule has 92 valence electrons. The second-order valence-corrected chi connectivity index (χ2v) is 3.56. The SMILES string of the molecule is CN1NN(Cc2nnnn2C)C(N)=C1C(N)=O. The van der Waals surface area contributed by atoms with Gasteiger partial charge in [-0.1, -0.05) is 0 Å². The fourth-order valence-corrected chi connectivity index (χ4v) is 1.52. The van der Waals surface area contributed by atoms with E-state index in [4.69, 9.17) is 11.5 Å². The smallest absolute Gasteiger partial charge is 0.270 e. The van der Waals surface area contributed by atoms with Crippen LogP contribution in [0.1, 0.15) is 5.82 Å². The van der Waals surface area contributed by atoms with Crippen molar-refractivity contribution in [3.63, 3.8) is 0 Å². The zero-order valence-electron chi connectivity index (χ0n) is 9.45. The highest BCUT2D eigenvalue weighted by Gasteiger charge is 2.29. The van der Waals surface area contributed by atoms with E-state index >= 15 is 0 Å². The summed E-state index contributed by atoms with van der Waals surface area (Å²) in [5, 5.41) is 14.0. The number of rotatable bonds is 3. The Hall–Kier alpha value is -2.36. The predicted octanol–water partition coefficient (Wildman–Crippen LogP) is -3.01. The fraction of sp³-hybridized carbons (Fsp3) is 0.429. The molecule has 0 unspecified atom stereocenters. The molecule has 1 aliphatic rings. The zero-order valence-corrected chi connectivity index (χ0v) is 9.45. The maximum Gasteiger partial charge on any atom is 0.270 e. The van der Waals surface area contributed by atoms with Crippen LogP contribution in [-0.4, -0.2) is 43.2 Å². The van der Waals surface area contributed by atoms with Crippen molar-refractivity contribution in [2.45, 2.75) is 6.54 Å². The average molecular weight is 239 g/mol. The Morgan fingerprint density at radius 3 is 2.65 bits per heavy atom. The molecule has 10 heteroatoms. The first-order valence-corrected chi connectivity index (χ1v) is 4.79. The summed E-state index contributed by atoms with van der Waals surface area (Å²) < 4.78 is 1.51. The topological polar surface area (TPSA) is 131 Å². The molecule has 1 amide bonds. The second kappa shape index (κ2) is 3.90. The van der Waals surface area contributed by atoms with E-state index in [1.165, 1.54) is 14.7 Å². The van der Waals surface area contributed by atoms with Crippen LogP contribution in [0.25, 0.3) is 0 Å². The molecule has 0 saturated heterocycles. The van der Waals surface area contributed by atoms with Crippen molar-refractivity contribution in [1.29, 1.82) is 0 Å². The van der Waals surface area contributed by atoms with Gasteiger partial charge in [0.25, 0.3) is 5.91 Å². The lowest BCUT2D eigenvalue weighted by Gasteiger charge is -2.20. The summed E-state index contributed by atoms with van der Waals surface area (Å²) in [5.41, 5.74) is 14.1. The number of carbonyl (C=O) groups excluding carboxylic acids is 1. The maximum absolute atomic E-state index is 11.2. The molecule has 0 aliphatic carbocycles. The van der Waals surface area contributed by atoms with E-state index in [1.54, 1.807) is 14.1 Å². The highest BCUT2D eigenvalue weighted by atomic mass is 16.1. The zero-order chi connectivity index (χ0) is 12.6. The van der Waals surface area contributed by atoms with Crippen molar-refractivity contribution in [3.8, 4) is 0 Å². The normalized spacial score (nSPS) is 15.9. The molecular formula is C7H13N9O. The lowest BCUT2D eigenvalue weighted by atomic mass is 10.4. The minimum absolute atomic E-state index is 0.208. The van der Waals surface area contributed by atoms with Crippen LogP contribution >= 0.6 is 0 Å². The predicted molar refractivity (Wildman–Crippen MR) is 55.6 cm³/mol. The number of nitrogens with two attached hydrogens (primary N) is 2. The van der Waals surface area contributed by atoms with Crippen molar-refractivity contribution in [3.05, 3.63) is 17.3 Å². The van der Waals surface area contributed by atoms with Gasteiger partial charge in [0.15, 0.2) is 11.5 Å². The van der Waals surface area contributed by atoms with Gasteiger partial charge in [-0.25, -0.2) is 4.68 Å². The molecule has 1 aromatic heterocycles. The lowest BCUT2D eigenvalue weighted by Crippen LogP contribution is -2.41.